The third kappa shape index (κ3) is 1.46. The number of nitrogens with one attached hydrogen (secondary N) is 1. The van der Waals surface area contributed by atoms with Gasteiger partial charge in [0.25, 0.3) is 0 Å². The van der Waals surface area contributed by atoms with Gasteiger partial charge in [-0.1, -0.05) is 18.2 Å². The van der Waals surface area contributed by atoms with Crippen molar-refractivity contribution in [1.29, 1.82) is 0 Å². The normalized spacial score (nSPS) is 11.2. The van der Waals surface area contributed by atoms with Gasteiger partial charge in [-0.05, 0) is 22.0 Å². The van der Waals surface area contributed by atoms with Crippen LogP contribution in [-0.2, 0) is 7.05 Å². The highest BCUT2D eigenvalue weighted by Gasteiger charge is 2.15. The van der Waals surface area contributed by atoms with Crippen molar-refractivity contribution in [3.63, 3.8) is 0 Å². The average molecular weight is 291 g/mol. The topological polar surface area (TPSA) is 59.6 Å². The summed E-state index contributed by atoms with van der Waals surface area (Å²) in [6.45, 7) is 0. The van der Waals surface area contributed by atoms with Crippen LogP contribution in [0, 0.1) is 0 Å². The van der Waals surface area contributed by atoms with E-state index in [1.165, 1.54) is 0 Å². The number of fused-ring (bicyclic) bond motifs is 1. The summed E-state index contributed by atoms with van der Waals surface area (Å²) in [4.78, 5) is 3.23. The molecule has 0 saturated carbocycles. The molecule has 0 atom stereocenters. The number of aromatic amines is 1. The van der Waals surface area contributed by atoms with Gasteiger partial charge in [0.15, 0.2) is 0 Å². The van der Waals surface area contributed by atoms with Gasteiger partial charge in [0.2, 0.25) is 0 Å². The van der Waals surface area contributed by atoms with E-state index in [1.54, 1.807) is 4.68 Å². The number of aryl methyl sites for hydroxylation is 1. The van der Waals surface area contributed by atoms with Crippen molar-refractivity contribution in [1.82, 2.24) is 14.8 Å². The smallest absolute Gasteiger partial charge is 0.136 e. The molecule has 2 heterocycles. The molecule has 0 aliphatic carbocycles. The van der Waals surface area contributed by atoms with Crippen LogP contribution in [0.3, 0.4) is 0 Å². The van der Waals surface area contributed by atoms with Gasteiger partial charge in [0.05, 0.1) is 4.47 Å². The molecule has 3 aromatic rings. The van der Waals surface area contributed by atoms with Gasteiger partial charge in [-0.3, -0.25) is 4.68 Å². The Balaban J connectivity index is 2.31. The second-order valence-corrected chi connectivity index (χ2v) is 4.71. The van der Waals surface area contributed by atoms with Crippen LogP contribution in [0.1, 0.15) is 0 Å². The van der Waals surface area contributed by atoms with Gasteiger partial charge in [-0.2, -0.15) is 5.10 Å². The van der Waals surface area contributed by atoms with E-state index < -0.39 is 0 Å². The maximum absolute atomic E-state index is 5.90. The second-order valence-electron chi connectivity index (χ2n) is 3.92. The first-order valence-corrected chi connectivity index (χ1v) is 6.02. The first-order chi connectivity index (χ1) is 8.18. The Morgan fingerprint density at radius 2 is 2.12 bits per heavy atom. The van der Waals surface area contributed by atoms with Crippen LogP contribution < -0.4 is 5.73 Å². The van der Waals surface area contributed by atoms with Crippen LogP contribution in [0.4, 0.5) is 5.82 Å². The Kier molecular flexibility index (Phi) is 2.22. The number of aromatic nitrogens is 3. The Labute approximate surface area is 107 Å². The number of para-hydroxylation sites is 1. The zero-order valence-electron chi connectivity index (χ0n) is 9.24. The molecule has 0 radical (unpaired) electrons. The second kappa shape index (κ2) is 3.63. The van der Waals surface area contributed by atoms with Crippen LogP contribution in [0.5, 0.6) is 0 Å². The van der Waals surface area contributed by atoms with Crippen LogP contribution in [0.25, 0.3) is 22.2 Å². The summed E-state index contributed by atoms with van der Waals surface area (Å²) in [5.41, 5.74) is 8.91. The molecule has 4 nitrogen and oxygen atoms in total. The molecule has 3 N–H and O–H groups in total. The molecule has 5 heteroatoms. The Morgan fingerprint density at radius 3 is 2.82 bits per heavy atom. The number of anilines is 1. The zero-order chi connectivity index (χ0) is 12.0. The van der Waals surface area contributed by atoms with Crippen molar-refractivity contribution >= 4 is 32.7 Å². The highest BCUT2D eigenvalue weighted by molar-refractivity contribution is 9.10. The predicted molar refractivity (Wildman–Crippen MR) is 72.6 cm³/mol. The van der Waals surface area contributed by atoms with Crippen molar-refractivity contribution in [2.75, 3.05) is 5.73 Å². The van der Waals surface area contributed by atoms with E-state index in [4.69, 9.17) is 5.73 Å². The van der Waals surface area contributed by atoms with Gasteiger partial charge in [0.1, 0.15) is 11.5 Å². The molecule has 0 fully saturated rings. The monoisotopic (exact) mass is 290 g/mol. The fraction of sp³-hybridized carbons (Fsp3) is 0.0833. The fourth-order valence-corrected chi connectivity index (χ4v) is 2.50. The third-order valence-electron chi connectivity index (χ3n) is 2.88. The number of rotatable bonds is 1. The minimum Gasteiger partial charge on any atom is -0.383 e. The van der Waals surface area contributed by atoms with Crippen LogP contribution in [-0.4, -0.2) is 14.8 Å². The summed E-state index contributed by atoms with van der Waals surface area (Å²) in [7, 11) is 1.83. The molecule has 0 aliphatic heterocycles. The van der Waals surface area contributed by atoms with Crippen molar-refractivity contribution in [2.24, 2.45) is 7.05 Å². The molecule has 0 saturated heterocycles. The van der Waals surface area contributed by atoms with Crippen LogP contribution in [0.2, 0.25) is 0 Å². The Morgan fingerprint density at radius 1 is 1.35 bits per heavy atom. The minimum absolute atomic E-state index is 0.630. The van der Waals surface area contributed by atoms with Gasteiger partial charge in [-0.15, -0.1) is 0 Å². The molecular formula is C12H11BrN4. The summed E-state index contributed by atoms with van der Waals surface area (Å²) in [6, 6.07) is 8.13. The molecule has 0 aliphatic rings. The Hall–Kier alpha value is -1.75. The number of hydrogen-bond acceptors (Lipinski definition) is 2. The lowest BCUT2D eigenvalue weighted by atomic mass is 10.1. The lowest BCUT2D eigenvalue weighted by Gasteiger charge is -1.95. The largest absolute Gasteiger partial charge is 0.383 e. The summed E-state index contributed by atoms with van der Waals surface area (Å²) in [5, 5.41) is 5.57. The molecule has 0 bridgehead atoms. The van der Waals surface area contributed by atoms with Crippen LogP contribution >= 0.6 is 15.9 Å². The van der Waals surface area contributed by atoms with Gasteiger partial charge in [0, 0.05) is 29.7 Å². The molecule has 2 aromatic heterocycles. The highest BCUT2D eigenvalue weighted by Crippen LogP contribution is 2.35. The molecule has 86 valence electrons. The Bertz CT molecular complexity index is 696. The number of nitrogens with two attached hydrogens (primary N) is 1. The van der Waals surface area contributed by atoms with Gasteiger partial charge in [-0.25, -0.2) is 0 Å². The van der Waals surface area contributed by atoms with E-state index in [-0.39, 0.29) is 0 Å². The molecule has 0 amide bonds. The average Bonchev–Trinajstić information content (AvgIpc) is 2.86. The molecule has 1 aromatic carbocycles. The van der Waals surface area contributed by atoms with Gasteiger partial charge >= 0.3 is 0 Å². The van der Waals surface area contributed by atoms with Crippen molar-refractivity contribution in [2.45, 2.75) is 0 Å². The zero-order valence-corrected chi connectivity index (χ0v) is 10.8. The number of halogens is 1. The number of nitrogens with zero attached hydrogens (tertiary/aromatic N) is 2. The number of hydrogen-bond donors (Lipinski definition) is 2. The molecule has 0 unspecified atom stereocenters. The van der Waals surface area contributed by atoms with E-state index in [1.807, 2.05) is 31.4 Å². The predicted octanol–water partition coefficient (Wildman–Crippen LogP) is 2.91. The van der Waals surface area contributed by atoms with E-state index >= 15 is 0 Å². The van der Waals surface area contributed by atoms with E-state index in [0.717, 1.165) is 26.6 Å². The summed E-state index contributed by atoms with van der Waals surface area (Å²) in [6.07, 6.45) is 1.96. The first kappa shape index (κ1) is 10.4. The van der Waals surface area contributed by atoms with E-state index in [2.05, 4.69) is 32.1 Å². The third-order valence-corrected chi connectivity index (χ3v) is 3.66. The standard InChI is InChI=1S/C12H11BrN4/c1-17-12(14)10(13)11(16-17)8-6-15-9-5-3-2-4-7(8)9/h2-6,15H,14H2,1H3. The SMILES string of the molecule is Cn1nc(-c2c[nH]c3ccccc23)c(Br)c1N. The van der Waals surface area contributed by atoms with Crippen LogP contribution in [0.15, 0.2) is 34.9 Å². The first-order valence-electron chi connectivity index (χ1n) is 5.23. The lowest BCUT2D eigenvalue weighted by molar-refractivity contribution is 0.782. The number of benzene rings is 1. The number of nitrogen functional groups attached to an aromatic ring is 1. The maximum Gasteiger partial charge on any atom is 0.136 e. The van der Waals surface area contributed by atoms with Crippen molar-refractivity contribution in [3.8, 4) is 11.3 Å². The summed E-state index contributed by atoms with van der Waals surface area (Å²) in [5.74, 6) is 0.630. The van der Waals surface area contributed by atoms with Crippen molar-refractivity contribution in [3.05, 3.63) is 34.9 Å². The molecule has 0 spiro atoms. The molecular weight excluding hydrogens is 280 g/mol. The summed E-state index contributed by atoms with van der Waals surface area (Å²) < 4.78 is 2.51. The number of H-pyrrole nitrogens is 1. The van der Waals surface area contributed by atoms with Gasteiger partial charge < -0.3 is 10.7 Å². The quantitative estimate of drug-likeness (QED) is 0.724. The fourth-order valence-electron chi connectivity index (χ4n) is 1.95. The minimum atomic E-state index is 0.630. The molecule has 17 heavy (non-hydrogen) atoms. The summed E-state index contributed by atoms with van der Waals surface area (Å²) >= 11 is 3.49. The lowest BCUT2D eigenvalue weighted by Crippen LogP contribution is -1.97. The highest BCUT2D eigenvalue weighted by atomic mass is 79.9. The van der Waals surface area contributed by atoms with E-state index in [9.17, 15) is 0 Å². The maximum atomic E-state index is 5.90. The molecule has 3 rings (SSSR count). The van der Waals surface area contributed by atoms with Crippen molar-refractivity contribution < 1.29 is 0 Å². The van der Waals surface area contributed by atoms with E-state index in [0.29, 0.717) is 5.82 Å².